The van der Waals surface area contributed by atoms with Crippen LogP contribution in [0.3, 0.4) is 0 Å². The first kappa shape index (κ1) is 13.5. The van der Waals surface area contributed by atoms with Gasteiger partial charge < -0.3 is 10.2 Å². The van der Waals surface area contributed by atoms with Crippen molar-refractivity contribution in [2.24, 2.45) is 5.92 Å². The summed E-state index contributed by atoms with van der Waals surface area (Å²) in [4.78, 5) is 14.1. The molecule has 2 aliphatic rings. The van der Waals surface area contributed by atoms with Gasteiger partial charge in [0.1, 0.15) is 11.6 Å². The highest BCUT2D eigenvalue weighted by Crippen LogP contribution is 2.25. The highest BCUT2D eigenvalue weighted by molar-refractivity contribution is 5.79. The van der Waals surface area contributed by atoms with Gasteiger partial charge >= 0.3 is 0 Å². The second kappa shape index (κ2) is 5.48. The largest absolute Gasteiger partial charge is 0.342 e. The highest BCUT2D eigenvalue weighted by Gasteiger charge is 2.34. The number of nitrogens with one attached hydrogen (secondary N) is 1. The van der Waals surface area contributed by atoms with Crippen LogP contribution in [0.4, 0.5) is 8.78 Å². The van der Waals surface area contributed by atoms with E-state index < -0.39 is 11.6 Å². The molecule has 1 aromatic rings. The van der Waals surface area contributed by atoms with E-state index >= 15 is 0 Å². The summed E-state index contributed by atoms with van der Waals surface area (Å²) in [7, 11) is 0. The third kappa shape index (κ3) is 2.68. The van der Waals surface area contributed by atoms with Crippen LogP contribution in [0, 0.1) is 17.6 Å². The molecular weight excluding hydrogens is 262 g/mol. The van der Waals surface area contributed by atoms with Crippen LogP contribution in [0.2, 0.25) is 0 Å². The molecule has 20 heavy (non-hydrogen) atoms. The van der Waals surface area contributed by atoms with E-state index in [4.69, 9.17) is 0 Å². The van der Waals surface area contributed by atoms with E-state index in [2.05, 4.69) is 5.32 Å². The zero-order chi connectivity index (χ0) is 14.1. The minimum absolute atomic E-state index is 0.0108. The van der Waals surface area contributed by atoms with Gasteiger partial charge in [-0.1, -0.05) is 6.07 Å². The summed E-state index contributed by atoms with van der Waals surface area (Å²) in [5.41, 5.74) is 0.267. The molecule has 0 aromatic heterocycles. The maximum absolute atomic E-state index is 13.6. The Hall–Kier alpha value is -1.49. The van der Waals surface area contributed by atoms with Crippen LogP contribution in [0.1, 0.15) is 18.4 Å². The molecule has 2 heterocycles. The van der Waals surface area contributed by atoms with Crippen molar-refractivity contribution in [3.05, 3.63) is 35.4 Å². The molecule has 1 amide bonds. The quantitative estimate of drug-likeness (QED) is 0.894. The van der Waals surface area contributed by atoms with Crippen LogP contribution >= 0.6 is 0 Å². The molecule has 2 fully saturated rings. The topological polar surface area (TPSA) is 32.3 Å². The van der Waals surface area contributed by atoms with E-state index in [1.807, 2.05) is 4.90 Å². The number of rotatable bonds is 2. The Morgan fingerprint density at radius 3 is 3.00 bits per heavy atom. The summed E-state index contributed by atoms with van der Waals surface area (Å²) in [5.74, 6) is -0.807. The van der Waals surface area contributed by atoms with Crippen LogP contribution in [-0.4, -0.2) is 36.5 Å². The molecule has 3 rings (SSSR count). The molecule has 2 atom stereocenters. The Labute approximate surface area is 117 Å². The molecule has 0 bridgehead atoms. The van der Waals surface area contributed by atoms with E-state index in [9.17, 15) is 13.6 Å². The molecule has 108 valence electrons. The summed E-state index contributed by atoms with van der Waals surface area (Å²) >= 11 is 0. The number of hydrogen-bond donors (Lipinski definition) is 1. The Morgan fingerprint density at radius 2 is 2.20 bits per heavy atom. The van der Waals surface area contributed by atoms with Crippen LogP contribution in [0.5, 0.6) is 0 Å². The summed E-state index contributed by atoms with van der Waals surface area (Å²) in [5, 5.41) is 3.44. The summed E-state index contributed by atoms with van der Waals surface area (Å²) in [6, 6.07) is 3.91. The molecule has 0 saturated carbocycles. The highest BCUT2D eigenvalue weighted by atomic mass is 19.1. The van der Waals surface area contributed by atoms with Crippen molar-refractivity contribution in [3.8, 4) is 0 Å². The first-order valence-corrected chi connectivity index (χ1v) is 7.08. The van der Waals surface area contributed by atoms with Crippen molar-refractivity contribution in [3.63, 3.8) is 0 Å². The molecule has 0 radical (unpaired) electrons. The lowest BCUT2D eigenvalue weighted by atomic mass is 9.93. The molecule has 0 aliphatic carbocycles. The van der Waals surface area contributed by atoms with Gasteiger partial charge in [0.15, 0.2) is 0 Å². The second-order valence-corrected chi connectivity index (χ2v) is 5.65. The van der Waals surface area contributed by atoms with E-state index in [0.29, 0.717) is 12.0 Å². The third-order valence-corrected chi connectivity index (χ3v) is 4.37. The normalized spacial score (nSPS) is 25.6. The predicted octanol–water partition coefficient (Wildman–Crippen LogP) is 1.72. The number of benzene rings is 1. The smallest absolute Gasteiger partial charge is 0.227 e. The number of carbonyl (C=O) groups is 1. The Kier molecular flexibility index (Phi) is 3.70. The molecule has 3 nitrogen and oxygen atoms in total. The maximum atomic E-state index is 13.6. The van der Waals surface area contributed by atoms with Gasteiger partial charge in [-0.05, 0) is 36.9 Å². The van der Waals surface area contributed by atoms with Crippen molar-refractivity contribution >= 4 is 5.91 Å². The minimum atomic E-state index is -0.643. The molecule has 0 spiro atoms. The van der Waals surface area contributed by atoms with Crippen LogP contribution in [-0.2, 0) is 11.2 Å². The first-order chi connectivity index (χ1) is 9.63. The lowest BCUT2D eigenvalue weighted by Gasteiger charge is -2.35. The Balaban J connectivity index is 1.64. The standard InChI is InChI=1S/C15H18F2N2O/c16-12-2-1-10(13(17)8-12)7-15(20)19-6-4-14-11(9-19)3-5-18-14/h1-2,8,11,14,18H,3-7,9H2. The van der Waals surface area contributed by atoms with Crippen molar-refractivity contribution < 1.29 is 13.6 Å². The number of nitrogens with zero attached hydrogens (tertiary/aromatic N) is 1. The lowest BCUT2D eigenvalue weighted by Crippen LogP contribution is -2.47. The van der Waals surface area contributed by atoms with E-state index in [0.717, 1.165) is 38.5 Å². The van der Waals surface area contributed by atoms with Crippen LogP contribution < -0.4 is 5.32 Å². The molecule has 2 aliphatic heterocycles. The van der Waals surface area contributed by atoms with Gasteiger partial charge in [-0.15, -0.1) is 0 Å². The Bertz CT molecular complexity index is 521. The molecular formula is C15H18F2N2O. The van der Waals surface area contributed by atoms with Gasteiger partial charge in [0, 0.05) is 25.2 Å². The molecule has 2 saturated heterocycles. The van der Waals surface area contributed by atoms with Crippen LogP contribution in [0.25, 0.3) is 0 Å². The maximum Gasteiger partial charge on any atom is 0.227 e. The summed E-state index contributed by atoms with van der Waals surface area (Å²) in [6.45, 7) is 2.49. The first-order valence-electron chi connectivity index (χ1n) is 7.08. The SMILES string of the molecule is O=C(Cc1ccc(F)cc1F)N1CCC2NCCC2C1. The van der Waals surface area contributed by atoms with Gasteiger partial charge in [0.25, 0.3) is 0 Å². The average molecular weight is 280 g/mol. The third-order valence-electron chi connectivity index (χ3n) is 4.37. The van der Waals surface area contributed by atoms with Gasteiger partial charge in [-0.3, -0.25) is 4.79 Å². The van der Waals surface area contributed by atoms with Crippen molar-refractivity contribution in [2.45, 2.75) is 25.3 Å². The van der Waals surface area contributed by atoms with E-state index in [1.165, 1.54) is 12.1 Å². The zero-order valence-corrected chi connectivity index (χ0v) is 11.2. The average Bonchev–Trinajstić information content (AvgIpc) is 2.89. The van der Waals surface area contributed by atoms with Gasteiger partial charge in [-0.2, -0.15) is 0 Å². The predicted molar refractivity (Wildman–Crippen MR) is 71.2 cm³/mol. The molecule has 1 aromatic carbocycles. The summed E-state index contributed by atoms with van der Waals surface area (Å²) < 4.78 is 26.4. The lowest BCUT2D eigenvalue weighted by molar-refractivity contribution is -0.132. The fraction of sp³-hybridized carbons (Fsp3) is 0.533. The van der Waals surface area contributed by atoms with Gasteiger partial charge in [-0.25, -0.2) is 8.78 Å². The number of piperidine rings is 1. The van der Waals surface area contributed by atoms with Crippen molar-refractivity contribution in [2.75, 3.05) is 19.6 Å². The zero-order valence-electron chi connectivity index (χ0n) is 11.2. The minimum Gasteiger partial charge on any atom is -0.342 e. The van der Waals surface area contributed by atoms with Crippen molar-refractivity contribution in [1.82, 2.24) is 10.2 Å². The molecule has 1 N–H and O–H groups in total. The van der Waals surface area contributed by atoms with E-state index in [-0.39, 0.29) is 17.9 Å². The number of carbonyl (C=O) groups excluding carboxylic acids is 1. The monoisotopic (exact) mass is 280 g/mol. The summed E-state index contributed by atoms with van der Waals surface area (Å²) in [6.07, 6.45) is 2.07. The molecule has 2 unspecified atom stereocenters. The Morgan fingerprint density at radius 1 is 1.35 bits per heavy atom. The van der Waals surface area contributed by atoms with Crippen molar-refractivity contribution in [1.29, 1.82) is 0 Å². The fourth-order valence-electron chi connectivity index (χ4n) is 3.21. The number of hydrogen-bond acceptors (Lipinski definition) is 2. The number of halogens is 2. The second-order valence-electron chi connectivity index (χ2n) is 5.65. The fourth-order valence-corrected chi connectivity index (χ4v) is 3.21. The number of amides is 1. The van der Waals surface area contributed by atoms with Gasteiger partial charge in [0.2, 0.25) is 5.91 Å². The van der Waals surface area contributed by atoms with E-state index in [1.54, 1.807) is 0 Å². The number of fused-ring (bicyclic) bond motifs is 1. The van der Waals surface area contributed by atoms with Crippen LogP contribution in [0.15, 0.2) is 18.2 Å². The number of likely N-dealkylation sites (tertiary alicyclic amines) is 1. The molecule has 5 heteroatoms. The van der Waals surface area contributed by atoms with Gasteiger partial charge in [0.05, 0.1) is 6.42 Å².